The van der Waals surface area contributed by atoms with Gasteiger partial charge in [-0.15, -0.1) is 0 Å². The molecule has 128 valence electrons. The molecule has 0 fully saturated rings. The van der Waals surface area contributed by atoms with Crippen LogP contribution in [-0.2, 0) is 4.79 Å². The topological polar surface area (TPSA) is 58.2 Å². The largest absolute Gasteiger partial charge is 0.352 e. The Balaban J connectivity index is 2.87. The number of hydrogen-bond acceptors (Lipinski definition) is 2. The number of carbonyl (C=O) groups is 2. The minimum atomic E-state index is -0.594. The van der Waals surface area contributed by atoms with Crippen molar-refractivity contribution in [1.82, 2.24) is 10.6 Å². The number of halogens is 2. The Morgan fingerprint density at radius 3 is 2.30 bits per heavy atom. The highest BCUT2D eigenvalue weighted by atomic mass is 35.5. The number of benzene rings is 1. The maximum absolute atomic E-state index is 12.4. The first-order chi connectivity index (χ1) is 10.7. The minimum absolute atomic E-state index is 0.0631. The van der Waals surface area contributed by atoms with Crippen LogP contribution in [0.2, 0.25) is 10.0 Å². The van der Waals surface area contributed by atoms with Gasteiger partial charge in [0.25, 0.3) is 5.91 Å². The van der Waals surface area contributed by atoms with Crippen LogP contribution in [0.4, 0.5) is 0 Å². The second kappa shape index (κ2) is 9.14. The lowest BCUT2D eigenvalue weighted by Gasteiger charge is -2.22. The molecule has 23 heavy (non-hydrogen) atoms. The second-order valence-corrected chi connectivity index (χ2v) is 6.94. The Morgan fingerprint density at radius 2 is 1.78 bits per heavy atom. The maximum atomic E-state index is 12.4. The Bertz CT molecular complexity index is 562. The van der Waals surface area contributed by atoms with Crippen LogP contribution in [0.3, 0.4) is 0 Å². The molecule has 0 aromatic heterocycles. The standard InChI is InChI=1S/C17H24Cl2N2O2/c1-5-11(4)20-17(23)15(8-10(2)3)21-16(22)13-7-6-12(18)9-14(13)19/h6-7,9-11,15H,5,8H2,1-4H3,(H,20,23)(H,21,22)/t11-,15+/m1/s1. The number of amides is 2. The van der Waals surface area contributed by atoms with Gasteiger partial charge in [-0.05, 0) is 43.9 Å². The molecule has 0 spiro atoms. The minimum Gasteiger partial charge on any atom is -0.352 e. The average Bonchev–Trinajstić information content (AvgIpc) is 2.45. The van der Waals surface area contributed by atoms with Crippen LogP contribution in [0, 0.1) is 5.92 Å². The molecule has 0 radical (unpaired) electrons. The zero-order valence-corrected chi connectivity index (χ0v) is 15.5. The lowest BCUT2D eigenvalue weighted by Crippen LogP contribution is -2.49. The van der Waals surface area contributed by atoms with E-state index in [2.05, 4.69) is 10.6 Å². The van der Waals surface area contributed by atoms with E-state index in [-0.39, 0.29) is 28.8 Å². The zero-order chi connectivity index (χ0) is 17.6. The summed E-state index contributed by atoms with van der Waals surface area (Å²) in [6.07, 6.45) is 1.39. The van der Waals surface area contributed by atoms with Gasteiger partial charge in [-0.3, -0.25) is 9.59 Å². The predicted octanol–water partition coefficient (Wildman–Crippen LogP) is 4.05. The quantitative estimate of drug-likeness (QED) is 0.772. The molecule has 1 rings (SSSR count). The molecule has 0 heterocycles. The first kappa shape index (κ1) is 19.8. The van der Waals surface area contributed by atoms with Gasteiger partial charge in [0.05, 0.1) is 10.6 Å². The van der Waals surface area contributed by atoms with E-state index in [1.165, 1.54) is 6.07 Å². The zero-order valence-electron chi connectivity index (χ0n) is 14.0. The summed E-state index contributed by atoms with van der Waals surface area (Å²) in [6.45, 7) is 7.94. The molecule has 0 saturated heterocycles. The Morgan fingerprint density at radius 1 is 1.13 bits per heavy atom. The van der Waals surface area contributed by atoms with Crippen molar-refractivity contribution in [2.24, 2.45) is 5.92 Å². The van der Waals surface area contributed by atoms with E-state index in [9.17, 15) is 9.59 Å². The molecule has 2 N–H and O–H groups in total. The van der Waals surface area contributed by atoms with Crippen molar-refractivity contribution in [2.75, 3.05) is 0 Å². The van der Waals surface area contributed by atoms with Crippen molar-refractivity contribution in [1.29, 1.82) is 0 Å². The number of carbonyl (C=O) groups excluding carboxylic acids is 2. The van der Waals surface area contributed by atoms with Crippen LogP contribution >= 0.6 is 23.2 Å². The molecule has 0 aliphatic rings. The van der Waals surface area contributed by atoms with Crippen LogP contribution in [0.1, 0.15) is 50.9 Å². The predicted molar refractivity (Wildman–Crippen MR) is 95.1 cm³/mol. The Hall–Kier alpha value is -1.26. The van der Waals surface area contributed by atoms with Gasteiger partial charge in [0.1, 0.15) is 6.04 Å². The second-order valence-electron chi connectivity index (χ2n) is 6.10. The van der Waals surface area contributed by atoms with E-state index in [1.807, 2.05) is 27.7 Å². The van der Waals surface area contributed by atoms with E-state index in [1.54, 1.807) is 12.1 Å². The lowest BCUT2D eigenvalue weighted by molar-refractivity contribution is -0.124. The van der Waals surface area contributed by atoms with E-state index in [4.69, 9.17) is 23.2 Å². The molecule has 0 bridgehead atoms. The van der Waals surface area contributed by atoms with Gasteiger partial charge in [-0.2, -0.15) is 0 Å². The summed E-state index contributed by atoms with van der Waals surface area (Å²) in [6, 6.07) is 4.13. The van der Waals surface area contributed by atoms with E-state index in [0.29, 0.717) is 17.0 Å². The van der Waals surface area contributed by atoms with Crippen LogP contribution in [0.15, 0.2) is 18.2 Å². The summed E-state index contributed by atoms with van der Waals surface area (Å²) >= 11 is 11.9. The third-order valence-electron chi connectivity index (χ3n) is 3.51. The molecule has 1 aromatic carbocycles. The molecule has 4 nitrogen and oxygen atoms in total. The molecule has 0 saturated carbocycles. The van der Waals surface area contributed by atoms with Gasteiger partial charge in [0.2, 0.25) is 5.91 Å². The van der Waals surface area contributed by atoms with Gasteiger partial charge in [0.15, 0.2) is 0 Å². The SMILES string of the molecule is CC[C@@H](C)NC(=O)[C@H](CC(C)C)NC(=O)c1ccc(Cl)cc1Cl. The molecule has 6 heteroatoms. The van der Waals surface area contributed by atoms with Crippen LogP contribution in [0.25, 0.3) is 0 Å². The number of rotatable bonds is 7. The van der Waals surface area contributed by atoms with Gasteiger partial charge in [-0.25, -0.2) is 0 Å². The van der Waals surface area contributed by atoms with Crippen molar-refractivity contribution in [3.63, 3.8) is 0 Å². The molecular formula is C17H24Cl2N2O2. The smallest absolute Gasteiger partial charge is 0.253 e. The van der Waals surface area contributed by atoms with Crippen LogP contribution < -0.4 is 10.6 Å². The summed E-state index contributed by atoms with van der Waals surface area (Å²) in [5, 5.41) is 6.41. The highest BCUT2D eigenvalue weighted by Gasteiger charge is 2.24. The Labute approximate surface area is 147 Å². The fraction of sp³-hybridized carbons (Fsp3) is 0.529. The normalized spacial score (nSPS) is 13.5. The van der Waals surface area contributed by atoms with Crippen molar-refractivity contribution >= 4 is 35.0 Å². The highest BCUT2D eigenvalue weighted by Crippen LogP contribution is 2.21. The fourth-order valence-electron chi connectivity index (χ4n) is 2.06. The maximum Gasteiger partial charge on any atom is 0.253 e. The van der Waals surface area contributed by atoms with E-state index in [0.717, 1.165) is 6.42 Å². The van der Waals surface area contributed by atoms with Gasteiger partial charge < -0.3 is 10.6 Å². The Kier molecular flexibility index (Phi) is 7.86. The average molecular weight is 359 g/mol. The highest BCUT2D eigenvalue weighted by molar-refractivity contribution is 6.36. The molecule has 2 amide bonds. The first-order valence-electron chi connectivity index (χ1n) is 7.80. The summed E-state index contributed by atoms with van der Waals surface area (Å²) < 4.78 is 0. The van der Waals surface area contributed by atoms with Crippen molar-refractivity contribution < 1.29 is 9.59 Å². The fourth-order valence-corrected chi connectivity index (χ4v) is 2.55. The van der Waals surface area contributed by atoms with Crippen LogP contribution in [0.5, 0.6) is 0 Å². The molecule has 0 aliphatic carbocycles. The molecule has 2 atom stereocenters. The third kappa shape index (κ3) is 6.40. The van der Waals surface area contributed by atoms with E-state index >= 15 is 0 Å². The van der Waals surface area contributed by atoms with Gasteiger partial charge >= 0.3 is 0 Å². The summed E-state index contributed by atoms with van der Waals surface area (Å²) in [5.74, 6) is -0.285. The molecule has 1 aromatic rings. The van der Waals surface area contributed by atoms with Crippen molar-refractivity contribution in [2.45, 2.75) is 52.6 Å². The molecule has 0 aliphatic heterocycles. The van der Waals surface area contributed by atoms with Crippen molar-refractivity contribution in [3.8, 4) is 0 Å². The lowest BCUT2D eigenvalue weighted by atomic mass is 10.0. The van der Waals surface area contributed by atoms with E-state index < -0.39 is 6.04 Å². The summed E-state index contributed by atoms with van der Waals surface area (Å²) in [7, 11) is 0. The van der Waals surface area contributed by atoms with Gasteiger partial charge in [-0.1, -0.05) is 44.0 Å². The molecule has 0 unspecified atom stereocenters. The first-order valence-corrected chi connectivity index (χ1v) is 8.56. The van der Waals surface area contributed by atoms with Crippen molar-refractivity contribution in [3.05, 3.63) is 33.8 Å². The van der Waals surface area contributed by atoms with Gasteiger partial charge in [0, 0.05) is 11.1 Å². The third-order valence-corrected chi connectivity index (χ3v) is 4.05. The monoisotopic (exact) mass is 358 g/mol. The summed E-state index contributed by atoms with van der Waals surface area (Å²) in [4.78, 5) is 24.8. The number of hydrogen-bond donors (Lipinski definition) is 2. The molecular weight excluding hydrogens is 335 g/mol. The number of nitrogens with one attached hydrogen (secondary N) is 2. The van der Waals surface area contributed by atoms with Crippen LogP contribution in [-0.4, -0.2) is 23.9 Å². The summed E-state index contributed by atoms with van der Waals surface area (Å²) in [5.41, 5.74) is 0.307.